The van der Waals surface area contributed by atoms with Gasteiger partial charge in [0, 0.05) is 12.3 Å². The number of benzene rings is 1. The lowest BCUT2D eigenvalue weighted by atomic mass is 9.58. The zero-order valence-electron chi connectivity index (χ0n) is 13.2. The third kappa shape index (κ3) is 2.15. The molecular formula is C19H22O3. The SMILES string of the molecule is COC1=C2CC3CC1CC(OC(=O)c1ccc(C)cc1)(C2)C3. The molecule has 116 valence electrons. The summed E-state index contributed by atoms with van der Waals surface area (Å²) in [4.78, 5) is 12.5. The van der Waals surface area contributed by atoms with Crippen LogP contribution >= 0.6 is 0 Å². The van der Waals surface area contributed by atoms with Gasteiger partial charge in [0.2, 0.25) is 0 Å². The third-order valence-electron chi connectivity index (χ3n) is 5.50. The van der Waals surface area contributed by atoms with Crippen molar-refractivity contribution in [2.24, 2.45) is 11.8 Å². The molecular weight excluding hydrogens is 276 g/mol. The minimum Gasteiger partial charge on any atom is -0.501 e. The number of hydrogen-bond donors (Lipinski definition) is 0. The highest BCUT2D eigenvalue weighted by Gasteiger charge is 2.53. The molecule has 4 bridgehead atoms. The Hall–Kier alpha value is -1.77. The lowest BCUT2D eigenvalue weighted by molar-refractivity contribution is -0.0862. The highest BCUT2D eigenvalue weighted by Crippen LogP contribution is 2.57. The second-order valence-electron chi connectivity index (χ2n) is 7.20. The molecule has 3 unspecified atom stereocenters. The van der Waals surface area contributed by atoms with Crippen molar-refractivity contribution in [1.82, 2.24) is 0 Å². The molecule has 3 atom stereocenters. The molecule has 22 heavy (non-hydrogen) atoms. The largest absolute Gasteiger partial charge is 0.501 e. The summed E-state index contributed by atoms with van der Waals surface area (Å²) in [5.74, 6) is 2.11. The van der Waals surface area contributed by atoms with Gasteiger partial charge in [-0.15, -0.1) is 0 Å². The van der Waals surface area contributed by atoms with Crippen LogP contribution in [0.3, 0.4) is 0 Å². The Labute approximate surface area is 131 Å². The van der Waals surface area contributed by atoms with Crippen LogP contribution in [0.25, 0.3) is 0 Å². The van der Waals surface area contributed by atoms with Gasteiger partial charge in [-0.05, 0) is 56.2 Å². The summed E-state index contributed by atoms with van der Waals surface area (Å²) in [6, 6.07) is 7.64. The molecule has 2 fully saturated rings. The molecule has 4 aliphatic carbocycles. The van der Waals surface area contributed by atoms with E-state index in [2.05, 4.69) is 0 Å². The first-order valence-electron chi connectivity index (χ1n) is 8.14. The number of esters is 1. The number of methoxy groups -OCH3 is 1. The molecule has 3 nitrogen and oxygen atoms in total. The number of allylic oxidation sites excluding steroid dienone is 1. The molecule has 4 aliphatic rings. The maximum absolute atomic E-state index is 12.5. The molecule has 0 spiro atoms. The van der Waals surface area contributed by atoms with Crippen molar-refractivity contribution in [3.63, 3.8) is 0 Å². The zero-order valence-corrected chi connectivity index (χ0v) is 13.2. The number of rotatable bonds is 3. The molecule has 5 rings (SSSR count). The predicted molar refractivity (Wildman–Crippen MR) is 83.4 cm³/mol. The van der Waals surface area contributed by atoms with E-state index >= 15 is 0 Å². The van der Waals surface area contributed by atoms with Crippen LogP contribution in [0.15, 0.2) is 35.6 Å². The number of carbonyl (C=O) groups excluding carboxylic acids is 1. The molecule has 0 radical (unpaired) electrons. The summed E-state index contributed by atoms with van der Waals surface area (Å²) in [5.41, 5.74) is 2.91. The molecule has 0 heterocycles. The van der Waals surface area contributed by atoms with E-state index in [-0.39, 0.29) is 11.6 Å². The van der Waals surface area contributed by atoms with E-state index in [1.165, 1.54) is 17.8 Å². The van der Waals surface area contributed by atoms with Crippen molar-refractivity contribution in [1.29, 1.82) is 0 Å². The van der Waals surface area contributed by atoms with Gasteiger partial charge in [0.1, 0.15) is 5.60 Å². The van der Waals surface area contributed by atoms with Crippen LogP contribution in [-0.2, 0) is 9.47 Å². The molecule has 1 aromatic carbocycles. The summed E-state index contributed by atoms with van der Waals surface area (Å²) >= 11 is 0. The van der Waals surface area contributed by atoms with Crippen molar-refractivity contribution in [3.8, 4) is 0 Å². The van der Waals surface area contributed by atoms with Gasteiger partial charge in [0.25, 0.3) is 0 Å². The van der Waals surface area contributed by atoms with E-state index in [9.17, 15) is 4.79 Å². The van der Waals surface area contributed by atoms with Crippen LogP contribution in [-0.4, -0.2) is 18.7 Å². The van der Waals surface area contributed by atoms with Crippen molar-refractivity contribution in [2.75, 3.05) is 7.11 Å². The molecule has 0 aromatic heterocycles. The van der Waals surface area contributed by atoms with Crippen LogP contribution in [0.1, 0.15) is 48.0 Å². The van der Waals surface area contributed by atoms with Crippen molar-refractivity contribution in [2.45, 2.75) is 44.6 Å². The van der Waals surface area contributed by atoms with Gasteiger partial charge < -0.3 is 9.47 Å². The third-order valence-corrected chi connectivity index (χ3v) is 5.50. The highest BCUT2D eigenvalue weighted by atomic mass is 16.6. The topological polar surface area (TPSA) is 35.5 Å². The minimum absolute atomic E-state index is 0.179. The first-order chi connectivity index (χ1) is 10.6. The first kappa shape index (κ1) is 13.9. The Morgan fingerprint density at radius 2 is 2.00 bits per heavy atom. The highest BCUT2D eigenvalue weighted by molar-refractivity contribution is 5.89. The molecule has 0 amide bonds. The smallest absolute Gasteiger partial charge is 0.338 e. The Kier molecular flexibility index (Phi) is 3.07. The molecule has 0 saturated heterocycles. The van der Waals surface area contributed by atoms with Gasteiger partial charge in [-0.25, -0.2) is 4.79 Å². The maximum atomic E-state index is 12.5. The Morgan fingerprint density at radius 1 is 1.23 bits per heavy atom. The zero-order chi connectivity index (χ0) is 15.3. The van der Waals surface area contributed by atoms with Crippen molar-refractivity contribution < 1.29 is 14.3 Å². The maximum Gasteiger partial charge on any atom is 0.338 e. The van der Waals surface area contributed by atoms with E-state index < -0.39 is 0 Å². The van der Waals surface area contributed by atoms with Crippen LogP contribution in [0.2, 0.25) is 0 Å². The fraction of sp³-hybridized carbons (Fsp3) is 0.526. The van der Waals surface area contributed by atoms with Crippen molar-refractivity contribution >= 4 is 5.97 Å². The summed E-state index contributed by atoms with van der Waals surface area (Å²) < 4.78 is 11.7. The first-order valence-corrected chi connectivity index (χ1v) is 8.14. The fourth-order valence-electron chi connectivity index (χ4n) is 4.79. The lowest BCUT2D eigenvalue weighted by Gasteiger charge is -2.53. The molecule has 2 saturated carbocycles. The number of ether oxygens (including phenoxy) is 2. The van der Waals surface area contributed by atoms with Gasteiger partial charge in [0.15, 0.2) is 0 Å². The lowest BCUT2D eigenvalue weighted by Crippen LogP contribution is -2.50. The van der Waals surface area contributed by atoms with E-state index in [1.807, 2.05) is 31.2 Å². The molecule has 3 heteroatoms. The normalized spacial score (nSPS) is 32.3. The Balaban J connectivity index is 1.58. The number of carbonyl (C=O) groups is 1. The van der Waals surface area contributed by atoms with Crippen LogP contribution < -0.4 is 0 Å². The van der Waals surface area contributed by atoms with Gasteiger partial charge >= 0.3 is 5.97 Å². The summed E-state index contributed by atoms with van der Waals surface area (Å²) in [5, 5.41) is 0. The average molecular weight is 298 g/mol. The van der Waals surface area contributed by atoms with E-state index in [0.717, 1.165) is 31.2 Å². The molecule has 0 aliphatic heterocycles. The van der Waals surface area contributed by atoms with E-state index in [1.54, 1.807) is 7.11 Å². The molecule has 0 N–H and O–H groups in total. The van der Waals surface area contributed by atoms with Gasteiger partial charge in [0.05, 0.1) is 18.4 Å². The standard InChI is InChI=1S/C19H22O3/c1-12-3-5-14(6-4-12)18(20)22-19-9-13-7-15(10-19)17(21-2)16(8-13)11-19/h3-6,13,15H,7-11H2,1-2H3. The fourth-order valence-corrected chi connectivity index (χ4v) is 4.79. The minimum atomic E-state index is -0.287. The predicted octanol–water partition coefficient (Wildman–Crippen LogP) is 4.01. The second-order valence-corrected chi connectivity index (χ2v) is 7.20. The average Bonchev–Trinajstić information content (AvgIpc) is 2.46. The van der Waals surface area contributed by atoms with Crippen LogP contribution in [0, 0.1) is 18.8 Å². The van der Waals surface area contributed by atoms with Gasteiger partial charge in [-0.3, -0.25) is 0 Å². The summed E-state index contributed by atoms with van der Waals surface area (Å²) in [6.45, 7) is 2.02. The molecule has 1 aromatic rings. The monoisotopic (exact) mass is 298 g/mol. The summed E-state index contributed by atoms with van der Waals surface area (Å²) in [6.07, 6.45) is 5.12. The van der Waals surface area contributed by atoms with Gasteiger partial charge in [-0.2, -0.15) is 0 Å². The van der Waals surface area contributed by atoms with Gasteiger partial charge in [-0.1, -0.05) is 17.7 Å². The Morgan fingerprint density at radius 3 is 2.68 bits per heavy atom. The number of aryl methyl sites for hydroxylation is 1. The number of hydrogen-bond acceptors (Lipinski definition) is 3. The van der Waals surface area contributed by atoms with E-state index in [0.29, 0.717) is 17.4 Å². The summed E-state index contributed by atoms with van der Waals surface area (Å²) in [7, 11) is 1.77. The quantitative estimate of drug-likeness (QED) is 0.791. The van der Waals surface area contributed by atoms with Crippen molar-refractivity contribution in [3.05, 3.63) is 46.7 Å². The van der Waals surface area contributed by atoms with Crippen LogP contribution in [0.5, 0.6) is 0 Å². The second kappa shape index (κ2) is 4.87. The Bertz CT molecular complexity index is 643. The van der Waals surface area contributed by atoms with E-state index in [4.69, 9.17) is 9.47 Å². The van der Waals surface area contributed by atoms with Crippen LogP contribution in [0.4, 0.5) is 0 Å².